The third kappa shape index (κ3) is 2.44. The van der Waals surface area contributed by atoms with Gasteiger partial charge in [-0.3, -0.25) is 0 Å². The van der Waals surface area contributed by atoms with E-state index in [1.807, 2.05) is 12.1 Å². The number of ether oxygens (including phenoxy) is 1. The van der Waals surface area contributed by atoms with Gasteiger partial charge in [-0.05, 0) is 48.1 Å². The molecule has 0 amide bonds. The molecule has 0 bridgehead atoms. The molecule has 20 heavy (non-hydrogen) atoms. The first-order valence-corrected chi connectivity index (χ1v) is 7.27. The Bertz CT molecular complexity index is 576. The van der Waals surface area contributed by atoms with Crippen LogP contribution in [0.25, 0.3) is 0 Å². The van der Waals surface area contributed by atoms with Gasteiger partial charge in [-0.1, -0.05) is 36.4 Å². The average molecular weight is 267 g/mol. The molecule has 0 fully saturated rings. The number of hydrogen-bond donors (Lipinski definition) is 1. The SMILES string of the molecule is COc1ccc([C@H]2CCCc3ccccc3[C@H]2N)cc1. The van der Waals surface area contributed by atoms with Crippen molar-refractivity contribution in [3.8, 4) is 5.75 Å². The standard InChI is InChI=1S/C18H21NO/c1-20-15-11-9-14(10-12-15)17-8-4-6-13-5-2-3-7-16(13)18(17)19/h2-3,5,7,9-12,17-18H,4,6,8,19H2,1H3/t17-,18-/m1/s1. The van der Waals surface area contributed by atoms with Crippen LogP contribution in [0.4, 0.5) is 0 Å². The predicted molar refractivity (Wildman–Crippen MR) is 82.0 cm³/mol. The van der Waals surface area contributed by atoms with E-state index in [9.17, 15) is 0 Å². The third-order valence-electron chi connectivity index (χ3n) is 4.35. The summed E-state index contributed by atoms with van der Waals surface area (Å²) in [5.74, 6) is 1.29. The lowest BCUT2D eigenvalue weighted by Gasteiger charge is -2.23. The van der Waals surface area contributed by atoms with E-state index in [-0.39, 0.29) is 6.04 Å². The zero-order chi connectivity index (χ0) is 13.9. The van der Waals surface area contributed by atoms with Crippen LogP contribution in [0.5, 0.6) is 5.75 Å². The zero-order valence-corrected chi connectivity index (χ0v) is 11.9. The van der Waals surface area contributed by atoms with Crippen molar-refractivity contribution in [2.45, 2.75) is 31.2 Å². The van der Waals surface area contributed by atoms with Gasteiger partial charge < -0.3 is 10.5 Å². The zero-order valence-electron chi connectivity index (χ0n) is 11.9. The van der Waals surface area contributed by atoms with Gasteiger partial charge in [-0.2, -0.15) is 0 Å². The van der Waals surface area contributed by atoms with Gasteiger partial charge in [0.15, 0.2) is 0 Å². The Kier molecular flexibility index (Phi) is 3.75. The summed E-state index contributed by atoms with van der Waals surface area (Å²) in [4.78, 5) is 0. The normalized spacial score (nSPS) is 21.9. The van der Waals surface area contributed by atoms with E-state index in [2.05, 4.69) is 36.4 Å². The van der Waals surface area contributed by atoms with Crippen LogP contribution in [0, 0.1) is 0 Å². The molecule has 2 nitrogen and oxygen atoms in total. The summed E-state index contributed by atoms with van der Waals surface area (Å²) >= 11 is 0. The molecular formula is C18H21NO. The van der Waals surface area contributed by atoms with E-state index < -0.39 is 0 Å². The van der Waals surface area contributed by atoms with Gasteiger partial charge in [0.25, 0.3) is 0 Å². The maximum Gasteiger partial charge on any atom is 0.118 e. The van der Waals surface area contributed by atoms with Gasteiger partial charge in [-0.15, -0.1) is 0 Å². The monoisotopic (exact) mass is 267 g/mol. The van der Waals surface area contributed by atoms with E-state index in [4.69, 9.17) is 10.5 Å². The fourth-order valence-corrected chi connectivity index (χ4v) is 3.22. The number of aryl methyl sites for hydroxylation is 1. The largest absolute Gasteiger partial charge is 0.497 e. The minimum absolute atomic E-state index is 0.0853. The second-order valence-electron chi connectivity index (χ2n) is 5.50. The molecule has 2 atom stereocenters. The van der Waals surface area contributed by atoms with Gasteiger partial charge in [-0.25, -0.2) is 0 Å². The molecule has 0 heterocycles. The Morgan fingerprint density at radius 3 is 2.55 bits per heavy atom. The highest BCUT2D eigenvalue weighted by Crippen LogP contribution is 2.38. The Labute approximate surface area is 120 Å². The van der Waals surface area contributed by atoms with E-state index in [1.54, 1.807) is 7.11 Å². The number of fused-ring (bicyclic) bond motifs is 1. The van der Waals surface area contributed by atoms with Gasteiger partial charge in [0, 0.05) is 12.0 Å². The van der Waals surface area contributed by atoms with Crippen molar-refractivity contribution in [1.29, 1.82) is 0 Å². The lowest BCUT2D eigenvalue weighted by molar-refractivity contribution is 0.414. The van der Waals surface area contributed by atoms with Crippen molar-refractivity contribution in [1.82, 2.24) is 0 Å². The maximum atomic E-state index is 6.56. The van der Waals surface area contributed by atoms with Gasteiger partial charge >= 0.3 is 0 Å². The van der Waals surface area contributed by atoms with E-state index in [0.29, 0.717) is 5.92 Å². The molecule has 1 aliphatic rings. The Morgan fingerprint density at radius 1 is 1.05 bits per heavy atom. The molecule has 0 aliphatic heterocycles. The molecule has 104 valence electrons. The molecule has 3 rings (SSSR count). The van der Waals surface area contributed by atoms with Crippen molar-refractivity contribution in [3.63, 3.8) is 0 Å². The quantitative estimate of drug-likeness (QED) is 0.840. The van der Waals surface area contributed by atoms with Gasteiger partial charge in [0.05, 0.1) is 7.11 Å². The summed E-state index contributed by atoms with van der Waals surface area (Å²) in [6.45, 7) is 0. The summed E-state index contributed by atoms with van der Waals surface area (Å²) in [5.41, 5.74) is 10.6. The van der Waals surface area contributed by atoms with Crippen LogP contribution < -0.4 is 10.5 Å². The molecule has 0 radical (unpaired) electrons. The predicted octanol–water partition coefficient (Wildman–Crippen LogP) is 3.82. The molecule has 1 aliphatic carbocycles. The van der Waals surface area contributed by atoms with Crippen LogP contribution in [-0.4, -0.2) is 7.11 Å². The molecule has 0 spiro atoms. The highest BCUT2D eigenvalue weighted by molar-refractivity contribution is 5.37. The minimum atomic E-state index is 0.0853. The van der Waals surface area contributed by atoms with Crippen LogP contribution in [0.15, 0.2) is 48.5 Å². The molecule has 0 saturated heterocycles. The van der Waals surface area contributed by atoms with Crippen LogP contribution in [0.1, 0.15) is 41.5 Å². The number of benzene rings is 2. The Hall–Kier alpha value is -1.80. The number of methoxy groups -OCH3 is 1. The Morgan fingerprint density at radius 2 is 1.80 bits per heavy atom. The average Bonchev–Trinajstić information content (AvgIpc) is 2.67. The van der Waals surface area contributed by atoms with E-state index in [0.717, 1.165) is 18.6 Å². The first-order chi connectivity index (χ1) is 9.79. The lowest BCUT2D eigenvalue weighted by atomic mass is 9.86. The fourth-order valence-electron chi connectivity index (χ4n) is 3.22. The molecule has 2 heteroatoms. The number of hydrogen-bond acceptors (Lipinski definition) is 2. The molecule has 2 aromatic rings. The molecule has 0 saturated carbocycles. The minimum Gasteiger partial charge on any atom is -0.497 e. The topological polar surface area (TPSA) is 35.2 Å². The second kappa shape index (κ2) is 5.68. The van der Waals surface area contributed by atoms with Crippen LogP contribution in [0.2, 0.25) is 0 Å². The molecule has 2 N–H and O–H groups in total. The molecule has 2 aromatic carbocycles. The summed E-state index contributed by atoms with van der Waals surface area (Å²) in [6, 6.07) is 17.0. The molecule has 0 aromatic heterocycles. The van der Waals surface area contributed by atoms with Crippen LogP contribution >= 0.6 is 0 Å². The molecular weight excluding hydrogens is 246 g/mol. The highest BCUT2D eigenvalue weighted by Gasteiger charge is 2.25. The summed E-state index contributed by atoms with van der Waals surface area (Å²) < 4.78 is 5.23. The summed E-state index contributed by atoms with van der Waals surface area (Å²) in [7, 11) is 1.70. The number of nitrogens with two attached hydrogens (primary N) is 1. The van der Waals surface area contributed by atoms with E-state index in [1.165, 1.54) is 23.1 Å². The van der Waals surface area contributed by atoms with Crippen molar-refractivity contribution in [2.24, 2.45) is 5.73 Å². The van der Waals surface area contributed by atoms with Crippen molar-refractivity contribution >= 4 is 0 Å². The molecule has 0 unspecified atom stereocenters. The lowest BCUT2D eigenvalue weighted by Crippen LogP contribution is -2.19. The second-order valence-corrected chi connectivity index (χ2v) is 5.50. The van der Waals surface area contributed by atoms with Crippen molar-refractivity contribution in [2.75, 3.05) is 7.11 Å². The first kappa shape index (κ1) is 13.2. The van der Waals surface area contributed by atoms with Crippen molar-refractivity contribution < 1.29 is 4.74 Å². The number of rotatable bonds is 2. The smallest absolute Gasteiger partial charge is 0.118 e. The summed E-state index contributed by atoms with van der Waals surface area (Å²) in [5, 5.41) is 0. The van der Waals surface area contributed by atoms with Crippen molar-refractivity contribution in [3.05, 3.63) is 65.2 Å². The highest BCUT2D eigenvalue weighted by atomic mass is 16.5. The van der Waals surface area contributed by atoms with Crippen LogP contribution in [-0.2, 0) is 6.42 Å². The Balaban J connectivity index is 1.93. The fraction of sp³-hybridized carbons (Fsp3) is 0.333. The van der Waals surface area contributed by atoms with Gasteiger partial charge in [0.1, 0.15) is 5.75 Å². The van der Waals surface area contributed by atoms with E-state index >= 15 is 0 Å². The van der Waals surface area contributed by atoms with Gasteiger partial charge in [0.2, 0.25) is 0 Å². The maximum absolute atomic E-state index is 6.56. The third-order valence-corrected chi connectivity index (χ3v) is 4.35. The summed E-state index contributed by atoms with van der Waals surface area (Å²) in [6.07, 6.45) is 3.47. The first-order valence-electron chi connectivity index (χ1n) is 7.27. The van der Waals surface area contributed by atoms with Crippen LogP contribution in [0.3, 0.4) is 0 Å².